The van der Waals surface area contributed by atoms with Crippen LogP contribution in [0.25, 0.3) is 11.0 Å². The fourth-order valence-corrected chi connectivity index (χ4v) is 2.39. The van der Waals surface area contributed by atoms with Crippen LogP contribution >= 0.6 is 0 Å². The molecule has 0 spiro atoms. The van der Waals surface area contributed by atoms with Gasteiger partial charge in [0.25, 0.3) is 5.91 Å². The van der Waals surface area contributed by atoms with Crippen molar-refractivity contribution in [2.75, 3.05) is 5.32 Å². The molecular weight excluding hydrogens is 278 g/mol. The minimum absolute atomic E-state index is 0.00709. The Balaban J connectivity index is 1.84. The third-order valence-electron chi connectivity index (χ3n) is 3.47. The zero-order valence-corrected chi connectivity index (χ0v) is 12.3. The highest BCUT2D eigenvalue weighted by atomic mass is 16.2. The van der Waals surface area contributed by atoms with Crippen molar-refractivity contribution in [2.24, 2.45) is 0 Å². The average molecular weight is 293 g/mol. The Labute approximate surface area is 127 Å². The van der Waals surface area contributed by atoms with Gasteiger partial charge >= 0.3 is 0 Å². The SMILES string of the molecule is CC(=O)c1ccc(NC(=O)c2nc3ccccc3[nH]2)cc1C. The number of aromatic nitrogens is 2. The number of rotatable bonds is 3. The molecule has 1 heterocycles. The lowest BCUT2D eigenvalue weighted by atomic mass is 10.0. The maximum absolute atomic E-state index is 12.2. The van der Waals surface area contributed by atoms with E-state index in [1.807, 2.05) is 31.2 Å². The summed E-state index contributed by atoms with van der Waals surface area (Å²) >= 11 is 0. The monoisotopic (exact) mass is 293 g/mol. The molecule has 0 aliphatic rings. The molecule has 5 heteroatoms. The standard InChI is InChI=1S/C17H15N3O2/c1-10-9-12(7-8-13(10)11(2)21)18-17(22)16-19-14-5-3-4-6-15(14)20-16/h3-9H,1-2H3,(H,18,22)(H,19,20). The number of fused-ring (bicyclic) bond motifs is 1. The summed E-state index contributed by atoms with van der Waals surface area (Å²) in [5.74, 6) is -0.0478. The van der Waals surface area contributed by atoms with E-state index in [-0.39, 0.29) is 17.5 Å². The van der Waals surface area contributed by atoms with Crippen molar-refractivity contribution < 1.29 is 9.59 Å². The molecule has 0 saturated heterocycles. The number of para-hydroxylation sites is 2. The van der Waals surface area contributed by atoms with Crippen molar-refractivity contribution in [3.05, 3.63) is 59.4 Å². The lowest BCUT2D eigenvalue weighted by molar-refractivity contribution is 0.101. The number of hydrogen-bond donors (Lipinski definition) is 2. The Bertz CT molecular complexity index is 847. The second kappa shape index (κ2) is 5.44. The maximum Gasteiger partial charge on any atom is 0.291 e. The average Bonchev–Trinajstić information content (AvgIpc) is 2.91. The van der Waals surface area contributed by atoms with Crippen molar-refractivity contribution in [1.29, 1.82) is 0 Å². The van der Waals surface area contributed by atoms with Gasteiger partial charge in [0, 0.05) is 11.3 Å². The summed E-state index contributed by atoms with van der Waals surface area (Å²) in [6.45, 7) is 3.36. The number of ketones is 1. The number of nitrogens with one attached hydrogen (secondary N) is 2. The molecule has 0 aliphatic carbocycles. The van der Waals surface area contributed by atoms with Crippen LogP contribution in [-0.2, 0) is 0 Å². The summed E-state index contributed by atoms with van der Waals surface area (Å²) < 4.78 is 0. The van der Waals surface area contributed by atoms with Crippen molar-refractivity contribution in [3.8, 4) is 0 Å². The van der Waals surface area contributed by atoms with E-state index >= 15 is 0 Å². The molecule has 110 valence electrons. The molecule has 0 radical (unpaired) electrons. The molecule has 5 nitrogen and oxygen atoms in total. The summed E-state index contributed by atoms with van der Waals surface area (Å²) in [5, 5.41) is 2.78. The number of aromatic amines is 1. The summed E-state index contributed by atoms with van der Waals surface area (Å²) in [4.78, 5) is 30.9. The van der Waals surface area contributed by atoms with Gasteiger partial charge in [0.15, 0.2) is 11.6 Å². The highest BCUT2D eigenvalue weighted by molar-refractivity contribution is 6.04. The van der Waals surface area contributed by atoms with Crippen LogP contribution in [0.15, 0.2) is 42.5 Å². The predicted octanol–water partition coefficient (Wildman–Crippen LogP) is 3.33. The maximum atomic E-state index is 12.2. The molecule has 2 aromatic carbocycles. The first-order valence-corrected chi connectivity index (χ1v) is 6.92. The molecule has 0 bridgehead atoms. The van der Waals surface area contributed by atoms with Gasteiger partial charge < -0.3 is 10.3 Å². The number of Topliss-reactive ketones (excluding diaryl/α,β-unsaturated/α-hetero) is 1. The molecule has 3 aromatic rings. The van der Waals surface area contributed by atoms with Crippen molar-refractivity contribution in [1.82, 2.24) is 9.97 Å². The molecule has 0 saturated carbocycles. The van der Waals surface area contributed by atoms with E-state index in [2.05, 4.69) is 15.3 Å². The molecule has 3 rings (SSSR count). The molecule has 2 N–H and O–H groups in total. The van der Waals surface area contributed by atoms with Crippen LogP contribution in [0.4, 0.5) is 5.69 Å². The summed E-state index contributed by atoms with van der Waals surface area (Å²) in [7, 11) is 0. The number of H-pyrrole nitrogens is 1. The van der Waals surface area contributed by atoms with Crippen LogP contribution in [0.2, 0.25) is 0 Å². The molecular formula is C17H15N3O2. The minimum Gasteiger partial charge on any atom is -0.334 e. The fourth-order valence-electron chi connectivity index (χ4n) is 2.39. The lowest BCUT2D eigenvalue weighted by Gasteiger charge is -2.07. The number of carbonyl (C=O) groups excluding carboxylic acids is 2. The van der Waals surface area contributed by atoms with Gasteiger partial charge in [-0.05, 0) is 49.7 Å². The molecule has 1 aromatic heterocycles. The first-order valence-electron chi connectivity index (χ1n) is 6.92. The van der Waals surface area contributed by atoms with E-state index in [0.29, 0.717) is 11.3 Å². The molecule has 0 aliphatic heterocycles. The van der Waals surface area contributed by atoms with Crippen LogP contribution in [0.3, 0.4) is 0 Å². The number of hydrogen-bond acceptors (Lipinski definition) is 3. The number of imidazole rings is 1. The van der Waals surface area contributed by atoms with E-state index in [1.54, 1.807) is 18.2 Å². The zero-order valence-electron chi connectivity index (χ0n) is 12.3. The van der Waals surface area contributed by atoms with Gasteiger partial charge in [-0.1, -0.05) is 12.1 Å². The zero-order chi connectivity index (χ0) is 15.7. The number of amides is 1. The van der Waals surface area contributed by atoms with Crippen LogP contribution in [-0.4, -0.2) is 21.7 Å². The fraction of sp³-hybridized carbons (Fsp3) is 0.118. The molecule has 0 fully saturated rings. The van der Waals surface area contributed by atoms with E-state index in [0.717, 1.165) is 16.6 Å². The van der Waals surface area contributed by atoms with Gasteiger partial charge in [-0.2, -0.15) is 0 Å². The topological polar surface area (TPSA) is 74.8 Å². The van der Waals surface area contributed by atoms with Gasteiger partial charge in [0.2, 0.25) is 0 Å². The number of nitrogens with zero attached hydrogens (tertiary/aromatic N) is 1. The van der Waals surface area contributed by atoms with Crippen LogP contribution < -0.4 is 5.32 Å². The molecule has 1 amide bonds. The van der Waals surface area contributed by atoms with Crippen molar-refractivity contribution in [3.63, 3.8) is 0 Å². The van der Waals surface area contributed by atoms with Crippen molar-refractivity contribution >= 4 is 28.4 Å². The number of carbonyl (C=O) groups is 2. The minimum atomic E-state index is -0.314. The van der Waals surface area contributed by atoms with Crippen LogP contribution in [0.5, 0.6) is 0 Å². The van der Waals surface area contributed by atoms with Gasteiger partial charge in [-0.15, -0.1) is 0 Å². The molecule has 0 atom stereocenters. The third-order valence-corrected chi connectivity index (χ3v) is 3.47. The van der Waals surface area contributed by atoms with E-state index in [1.165, 1.54) is 6.92 Å². The highest BCUT2D eigenvalue weighted by Gasteiger charge is 2.12. The second-order valence-electron chi connectivity index (χ2n) is 5.14. The highest BCUT2D eigenvalue weighted by Crippen LogP contribution is 2.17. The molecule has 22 heavy (non-hydrogen) atoms. The quantitative estimate of drug-likeness (QED) is 0.727. The number of anilines is 1. The smallest absolute Gasteiger partial charge is 0.291 e. The Hall–Kier alpha value is -2.95. The number of benzene rings is 2. The lowest BCUT2D eigenvalue weighted by Crippen LogP contribution is -2.14. The van der Waals surface area contributed by atoms with Crippen molar-refractivity contribution in [2.45, 2.75) is 13.8 Å². The Morgan fingerprint density at radius 1 is 1.14 bits per heavy atom. The first kappa shape index (κ1) is 14.0. The Morgan fingerprint density at radius 3 is 2.59 bits per heavy atom. The molecule has 0 unspecified atom stereocenters. The van der Waals surface area contributed by atoms with Crippen LogP contribution in [0.1, 0.15) is 33.5 Å². The van der Waals surface area contributed by atoms with Gasteiger partial charge in [0.1, 0.15) is 0 Å². The summed E-state index contributed by atoms with van der Waals surface area (Å²) in [6.07, 6.45) is 0. The normalized spacial score (nSPS) is 10.6. The first-order chi connectivity index (χ1) is 10.5. The van der Waals surface area contributed by atoms with E-state index in [9.17, 15) is 9.59 Å². The third kappa shape index (κ3) is 2.61. The predicted molar refractivity (Wildman–Crippen MR) is 85.2 cm³/mol. The number of aryl methyl sites for hydroxylation is 1. The second-order valence-corrected chi connectivity index (χ2v) is 5.14. The summed E-state index contributed by atoms with van der Waals surface area (Å²) in [6, 6.07) is 12.7. The Kier molecular flexibility index (Phi) is 3.47. The van der Waals surface area contributed by atoms with Crippen LogP contribution in [0, 0.1) is 6.92 Å². The van der Waals surface area contributed by atoms with Gasteiger partial charge in [-0.25, -0.2) is 4.98 Å². The van der Waals surface area contributed by atoms with E-state index in [4.69, 9.17) is 0 Å². The summed E-state index contributed by atoms with van der Waals surface area (Å²) in [5.41, 5.74) is 3.68. The van der Waals surface area contributed by atoms with Gasteiger partial charge in [0.05, 0.1) is 11.0 Å². The van der Waals surface area contributed by atoms with Gasteiger partial charge in [-0.3, -0.25) is 9.59 Å². The largest absolute Gasteiger partial charge is 0.334 e. The Morgan fingerprint density at radius 2 is 1.91 bits per heavy atom. The van der Waals surface area contributed by atoms with E-state index < -0.39 is 0 Å².